The molecule has 4 aromatic rings. The van der Waals surface area contributed by atoms with Crippen molar-refractivity contribution in [2.75, 3.05) is 5.32 Å². The van der Waals surface area contributed by atoms with Crippen LogP contribution in [0.5, 0.6) is 0 Å². The number of carbonyl (C=O) groups excluding carboxylic acids is 1. The Balaban J connectivity index is 1.68. The Labute approximate surface area is 198 Å². The van der Waals surface area contributed by atoms with Gasteiger partial charge in [-0.05, 0) is 36.8 Å². The van der Waals surface area contributed by atoms with Crippen molar-refractivity contribution in [1.82, 2.24) is 4.57 Å². The molecule has 1 aliphatic rings. The van der Waals surface area contributed by atoms with E-state index in [0.29, 0.717) is 31.9 Å². The van der Waals surface area contributed by atoms with Crippen LogP contribution >= 0.6 is 11.3 Å². The average Bonchev–Trinajstić information content (AvgIpc) is 3.15. The van der Waals surface area contributed by atoms with Crippen LogP contribution < -0.4 is 20.2 Å². The summed E-state index contributed by atoms with van der Waals surface area (Å²) in [6, 6.07) is 24.1. The van der Waals surface area contributed by atoms with Gasteiger partial charge in [0.2, 0.25) is 0 Å². The Bertz CT molecular complexity index is 1590. The molecule has 34 heavy (non-hydrogen) atoms. The Morgan fingerprint density at radius 2 is 1.65 bits per heavy atom. The molecule has 0 bridgehead atoms. The lowest BCUT2D eigenvalue weighted by Gasteiger charge is -2.25. The lowest BCUT2D eigenvalue weighted by atomic mass is 9.95. The predicted molar refractivity (Wildman–Crippen MR) is 132 cm³/mol. The summed E-state index contributed by atoms with van der Waals surface area (Å²) in [5.41, 5.74) is 2.35. The van der Waals surface area contributed by atoms with Gasteiger partial charge >= 0.3 is 0 Å². The third-order valence-electron chi connectivity index (χ3n) is 5.61. The summed E-state index contributed by atoms with van der Waals surface area (Å²) in [5.74, 6) is -0.739. The number of halogens is 1. The number of nitrogens with zero attached hydrogens (tertiary/aromatic N) is 2. The van der Waals surface area contributed by atoms with Gasteiger partial charge in [-0.25, -0.2) is 9.38 Å². The molecule has 0 saturated carbocycles. The number of amides is 1. The van der Waals surface area contributed by atoms with E-state index in [0.717, 1.165) is 5.56 Å². The number of rotatable bonds is 4. The van der Waals surface area contributed by atoms with Gasteiger partial charge in [0, 0.05) is 11.3 Å². The maximum atomic E-state index is 14.2. The zero-order chi connectivity index (χ0) is 23.7. The van der Waals surface area contributed by atoms with Crippen LogP contribution in [0.25, 0.3) is 6.08 Å². The molecule has 0 saturated heterocycles. The molecule has 1 aliphatic heterocycles. The molecule has 5 nitrogen and oxygen atoms in total. The van der Waals surface area contributed by atoms with Crippen LogP contribution in [0.3, 0.4) is 0 Å². The molecule has 0 aliphatic carbocycles. The van der Waals surface area contributed by atoms with Gasteiger partial charge < -0.3 is 5.32 Å². The molecular weight excluding hydrogens is 449 g/mol. The molecule has 168 valence electrons. The zero-order valence-corrected chi connectivity index (χ0v) is 19.1. The molecule has 1 N–H and O–H groups in total. The quantitative estimate of drug-likeness (QED) is 0.491. The van der Waals surface area contributed by atoms with Crippen molar-refractivity contribution in [2.45, 2.75) is 13.0 Å². The molecule has 0 unspecified atom stereocenters. The number of nitrogens with one attached hydrogen (secondary N) is 1. The summed E-state index contributed by atoms with van der Waals surface area (Å²) in [5, 5.41) is 2.92. The third-order valence-corrected chi connectivity index (χ3v) is 6.59. The fraction of sp³-hybridized carbons (Fsp3) is 0.0741. The van der Waals surface area contributed by atoms with Crippen LogP contribution in [0.15, 0.2) is 106 Å². The number of hydrogen-bond acceptors (Lipinski definition) is 4. The zero-order valence-electron chi connectivity index (χ0n) is 18.2. The first kappa shape index (κ1) is 21.7. The van der Waals surface area contributed by atoms with Gasteiger partial charge in [-0.15, -0.1) is 0 Å². The highest BCUT2D eigenvalue weighted by molar-refractivity contribution is 7.07. The smallest absolute Gasteiger partial charge is 0.271 e. The van der Waals surface area contributed by atoms with E-state index < -0.39 is 11.9 Å². The molecule has 7 heteroatoms. The molecule has 0 spiro atoms. The SMILES string of the molecule is CC1=C(C(=O)Nc2ccccc2)[C@@H](c2ccccc2)n2c(s/c(=C/c3ccccc3F)c2=O)=N1. The van der Waals surface area contributed by atoms with Crippen molar-refractivity contribution in [3.63, 3.8) is 0 Å². The molecular formula is C27H20FN3O2S. The molecule has 3 aromatic carbocycles. The van der Waals surface area contributed by atoms with E-state index in [-0.39, 0.29) is 11.5 Å². The van der Waals surface area contributed by atoms with E-state index in [1.165, 1.54) is 28.0 Å². The van der Waals surface area contributed by atoms with Gasteiger partial charge in [0.1, 0.15) is 5.82 Å². The number of thiazole rings is 1. The highest BCUT2D eigenvalue weighted by Gasteiger charge is 2.32. The minimum atomic E-state index is -0.663. The van der Waals surface area contributed by atoms with Crippen LogP contribution in [0.1, 0.15) is 24.1 Å². The van der Waals surface area contributed by atoms with Crippen LogP contribution in [0.4, 0.5) is 10.1 Å². The second-order valence-corrected chi connectivity index (χ2v) is 8.84. The van der Waals surface area contributed by atoms with E-state index in [2.05, 4.69) is 10.3 Å². The number of fused-ring (bicyclic) bond motifs is 1. The van der Waals surface area contributed by atoms with E-state index in [1.807, 2.05) is 48.5 Å². The minimum Gasteiger partial charge on any atom is -0.322 e. The number of aromatic nitrogens is 1. The first-order valence-corrected chi connectivity index (χ1v) is 11.5. The number of hydrogen-bond donors (Lipinski definition) is 1. The lowest BCUT2D eigenvalue weighted by molar-refractivity contribution is -0.113. The van der Waals surface area contributed by atoms with Gasteiger partial charge in [-0.1, -0.05) is 78.1 Å². The summed E-state index contributed by atoms with van der Waals surface area (Å²) in [6.45, 7) is 1.77. The van der Waals surface area contributed by atoms with Gasteiger partial charge in [0.25, 0.3) is 11.5 Å². The normalized spacial score (nSPS) is 15.6. The Morgan fingerprint density at radius 3 is 2.35 bits per heavy atom. The fourth-order valence-corrected chi connectivity index (χ4v) is 5.05. The maximum absolute atomic E-state index is 14.2. The van der Waals surface area contributed by atoms with Crippen molar-refractivity contribution < 1.29 is 9.18 Å². The van der Waals surface area contributed by atoms with Gasteiger partial charge in [0.15, 0.2) is 4.80 Å². The molecule has 5 rings (SSSR count). The van der Waals surface area contributed by atoms with E-state index in [1.54, 1.807) is 37.3 Å². The molecule has 2 heterocycles. The van der Waals surface area contributed by atoms with Crippen molar-refractivity contribution >= 4 is 29.0 Å². The average molecular weight is 470 g/mol. The molecule has 1 amide bonds. The standard InChI is InChI=1S/C27H20FN3O2S/c1-17-23(25(32)30-20-13-6-3-7-14-20)24(18-10-4-2-5-11-18)31-26(33)22(34-27(31)29-17)16-19-12-8-9-15-21(19)28/h2-16,24H,1H3,(H,30,32)/b22-16+/t24-/m1/s1. The lowest BCUT2D eigenvalue weighted by Crippen LogP contribution is -2.40. The monoisotopic (exact) mass is 469 g/mol. The minimum absolute atomic E-state index is 0.321. The molecule has 1 atom stereocenters. The van der Waals surface area contributed by atoms with Gasteiger partial charge in [-0.3, -0.25) is 14.2 Å². The fourth-order valence-electron chi connectivity index (χ4n) is 4.02. The van der Waals surface area contributed by atoms with E-state index in [9.17, 15) is 14.0 Å². The van der Waals surface area contributed by atoms with Crippen molar-refractivity contribution in [3.05, 3.63) is 133 Å². The number of para-hydroxylation sites is 1. The second kappa shape index (κ2) is 9.03. The molecule has 1 aromatic heterocycles. The van der Waals surface area contributed by atoms with Crippen LogP contribution in [-0.4, -0.2) is 10.5 Å². The Kier molecular flexibility index (Phi) is 5.77. The van der Waals surface area contributed by atoms with E-state index in [4.69, 9.17) is 0 Å². The number of anilines is 1. The summed E-state index contributed by atoms with van der Waals surface area (Å²) < 4.78 is 16.1. The summed E-state index contributed by atoms with van der Waals surface area (Å²) in [7, 11) is 0. The summed E-state index contributed by atoms with van der Waals surface area (Å²) in [4.78, 5) is 32.0. The Morgan fingerprint density at radius 1 is 1.00 bits per heavy atom. The highest BCUT2D eigenvalue weighted by atomic mass is 32.1. The van der Waals surface area contributed by atoms with Crippen LogP contribution in [0, 0.1) is 5.82 Å². The molecule has 0 fully saturated rings. The van der Waals surface area contributed by atoms with Crippen molar-refractivity contribution in [3.8, 4) is 0 Å². The predicted octanol–water partition coefficient (Wildman–Crippen LogP) is 4.01. The van der Waals surface area contributed by atoms with Crippen LogP contribution in [-0.2, 0) is 4.79 Å². The van der Waals surface area contributed by atoms with E-state index >= 15 is 0 Å². The number of carbonyl (C=O) groups is 1. The third kappa shape index (κ3) is 4.02. The maximum Gasteiger partial charge on any atom is 0.271 e. The summed E-state index contributed by atoms with van der Waals surface area (Å²) >= 11 is 1.18. The number of benzene rings is 3. The highest BCUT2D eigenvalue weighted by Crippen LogP contribution is 2.30. The summed E-state index contributed by atoms with van der Waals surface area (Å²) in [6.07, 6.45) is 1.53. The molecule has 0 radical (unpaired) electrons. The van der Waals surface area contributed by atoms with Crippen molar-refractivity contribution in [1.29, 1.82) is 0 Å². The van der Waals surface area contributed by atoms with Gasteiger partial charge in [-0.2, -0.15) is 0 Å². The largest absolute Gasteiger partial charge is 0.322 e. The van der Waals surface area contributed by atoms with Gasteiger partial charge in [0.05, 0.1) is 21.8 Å². The van der Waals surface area contributed by atoms with Crippen LogP contribution in [0.2, 0.25) is 0 Å². The van der Waals surface area contributed by atoms with Crippen molar-refractivity contribution in [2.24, 2.45) is 4.99 Å². The Hall–Kier alpha value is -4.10. The second-order valence-electron chi connectivity index (χ2n) is 7.83. The topological polar surface area (TPSA) is 63.5 Å². The first-order chi connectivity index (χ1) is 16.5. The first-order valence-electron chi connectivity index (χ1n) is 10.7. The number of allylic oxidation sites excluding steroid dienone is 1.